The van der Waals surface area contributed by atoms with Crippen molar-refractivity contribution >= 4 is 17.9 Å². The zero-order chi connectivity index (χ0) is 20.5. The lowest BCUT2D eigenvalue weighted by Gasteiger charge is -2.30. The molecule has 0 aliphatic heterocycles. The van der Waals surface area contributed by atoms with Crippen LogP contribution in [0.15, 0.2) is 36.5 Å². The standard InChI is InChI=1S/C12H20O2.C9H10O4/c1-3-11(13)14-12(2)9-7-5-4-6-8-10-12;1-9(8(12)13)4-2-3-6(5-9)7(10)11/h3H,1,4-10H2,2H3;2-4H,5H2,1H3,(H,10,11)(H,12,13). The van der Waals surface area contributed by atoms with Gasteiger partial charge in [0, 0.05) is 11.6 Å². The number of ether oxygens (including phenoxy) is 1. The smallest absolute Gasteiger partial charge is 0.331 e. The molecule has 1 unspecified atom stereocenters. The fourth-order valence-corrected chi connectivity index (χ4v) is 3.22. The summed E-state index contributed by atoms with van der Waals surface area (Å²) in [5.74, 6) is -2.35. The summed E-state index contributed by atoms with van der Waals surface area (Å²) in [6.07, 6.45) is 13.9. The number of carboxylic acids is 2. The Morgan fingerprint density at radius 1 is 1.07 bits per heavy atom. The third-order valence-corrected chi connectivity index (χ3v) is 5.01. The summed E-state index contributed by atoms with van der Waals surface area (Å²) in [4.78, 5) is 32.5. The van der Waals surface area contributed by atoms with E-state index in [-0.39, 0.29) is 23.6 Å². The van der Waals surface area contributed by atoms with Crippen molar-refractivity contribution in [3.05, 3.63) is 36.5 Å². The molecule has 0 spiro atoms. The molecule has 6 nitrogen and oxygen atoms in total. The molecule has 0 heterocycles. The summed E-state index contributed by atoms with van der Waals surface area (Å²) in [7, 11) is 0. The van der Waals surface area contributed by atoms with Gasteiger partial charge in [-0.25, -0.2) is 9.59 Å². The van der Waals surface area contributed by atoms with Crippen LogP contribution in [0, 0.1) is 5.41 Å². The molecule has 0 bridgehead atoms. The maximum absolute atomic E-state index is 11.1. The van der Waals surface area contributed by atoms with E-state index in [1.807, 2.05) is 6.92 Å². The van der Waals surface area contributed by atoms with Crippen molar-refractivity contribution in [3.8, 4) is 0 Å². The first-order valence-corrected chi connectivity index (χ1v) is 9.32. The molecule has 0 amide bonds. The van der Waals surface area contributed by atoms with Gasteiger partial charge in [-0.15, -0.1) is 0 Å². The Balaban J connectivity index is 0.000000271. The average Bonchev–Trinajstić information content (AvgIpc) is 2.59. The van der Waals surface area contributed by atoms with Crippen LogP contribution in [0.25, 0.3) is 0 Å². The van der Waals surface area contributed by atoms with Crippen LogP contribution in [0.3, 0.4) is 0 Å². The van der Waals surface area contributed by atoms with Gasteiger partial charge >= 0.3 is 17.9 Å². The van der Waals surface area contributed by atoms with E-state index in [4.69, 9.17) is 14.9 Å². The average molecular weight is 378 g/mol. The van der Waals surface area contributed by atoms with E-state index in [0.717, 1.165) is 12.8 Å². The third-order valence-electron chi connectivity index (χ3n) is 5.01. The van der Waals surface area contributed by atoms with Gasteiger partial charge in [0.05, 0.1) is 5.41 Å². The maximum atomic E-state index is 11.1. The van der Waals surface area contributed by atoms with Gasteiger partial charge in [0.1, 0.15) is 5.60 Å². The molecular weight excluding hydrogens is 348 g/mol. The van der Waals surface area contributed by atoms with E-state index >= 15 is 0 Å². The van der Waals surface area contributed by atoms with Gasteiger partial charge in [-0.1, -0.05) is 44.1 Å². The molecule has 1 fully saturated rings. The molecule has 2 rings (SSSR count). The summed E-state index contributed by atoms with van der Waals surface area (Å²) < 4.78 is 5.41. The lowest BCUT2D eigenvalue weighted by atomic mass is 9.80. The molecule has 0 aromatic carbocycles. The summed E-state index contributed by atoms with van der Waals surface area (Å²) in [5, 5.41) is 17.5. The molecule has 0 saturated heterocycles. The van der Waals surface area contributed by atoms with Crippen molar-refractivity contribution in [1.29, 1.82) is 0 Å². The van der Waals surface area contributed by atoms with Crippen molar-refractivity contribution in [2.75, 3.05) is 0 Å². The molecule has 2 aliphatic carbocycles. The maximum Gasteiger partial charge on any atom is 0.331 e. The van der Waals surface area contributed by atoms with Gasteiger partial charge in [0.2, 0.25) is 0 Å². The molecule has 0 radical (unpaired) electrons. The zero-order valence-electron chi connectivity index (χ0n) is 16.2. The van der Waals surface area contributed by atoms with Crippen molar-refractivity contribution in [2.24, 2.45) is 5.41 Å². The van der Waals surface area contributed by atoms with E-state index in [2.05, 4.69) is 6.58 Å². The Bertz CT molecular complexity index is 623. The van der Waals surface area contributed by atoms with Gasteiger partial charge in [-0.3, -0.25) is 4.79 Å². The number of carbonyl (C=O) groups excluding carboxylic acids is 1. The molecule has 150 valence electrons. The highest BCUT2D eigenvalue weighted by molar-refractivity contribution is 5.90. The molecule has 1 atom stereocenters. The highest BCUT2D eigenvalue weighted by atomic mass is 16.6. The van der Waals surface area contributed by atoms with E-state index in [9.17, 15) is 14.4 Å². The summed E-state index contributed by atoms with van der Waals surface area (Å²) in [5.41, 5.74) is -1.19. The minimum absolute atomic E-state index is 0.0359. The molecule has 0 aromatic rings. The molecule has 0 aromatic heterocycles. The van der Waals surface area contributed by atoms with Crippen LogP contribution in [-0.2, 0) is 19.1 Å². The fourth-order valence-electron chi connectivity index (χ4n) is 3.22. The topological polar surface area (TPSA) is 101 Å². The van der Waals surface area contributed by atoms with Crippen LogP contribution < -0.4 is 0 Å². The molecule has 27 heavy (non-hydrogen) atoms. The Morgan fingerprint density at radius 2 is 1.63 bits per heavy atom. The van der Waals surface area contributed by atoms with Crippen molar-refractivity contribution in [3.63, 3.8) is 0 Å². The molecule has 1 saturated carbocycles. The summed E-state index contributed by atoms with van der Waals surface area (Å²) >= 11 is 0. The number of carboxylic acid groups (broad SMARTS) is 2. The number of hydrogen-bond acceptors (Lipinski definition) is 4. The zero-order valence-corrected chi connectivity index (χ0v) is 16.2. The monoisotopic (exact) mass is 378 g/mol. The van der Waals surface area contributed by atoms with Crippen LogP contribution in [0.5, 0.6) is 0 Å². The van der Waals surface area contributed by atoms with E-state index < -0.39 is 17.4 Å². The lowest BCUT2D eigenvalue weighted by Crippen LogP contribution is -2.31. The Morgan fingerprint density at radius 3 is 2.11 bits per heavy atom. The third kappa shape index (κ3) is 7.41. The minimum atomic E-state index is -1.08. The van der Waals surface area contributed by atoms with Crippen LogP contribution in [0.4, 0.5) is 0 Å². The quantitative estimate of drug-likeness (QED) is 0.560. The number of carbonyl (C=O) groups is 3. The van der Waals surface area contributed by atoms with E-state index in [1.54, 1.807) is 0 Å². The highest BCUT2D eigenvalue weighted by Gasteiger charge is 2.34. The first kappa shape index (κ1) is 22.7. The second-order valence-electron chi connectivity index (χ2n) is 7.60. The number of aliphatic carboxylic acids is 2. The van der Waals surface area contributed by atoms with Crippen LogP contribution in [-0.4, -0.2) is 33.7 Å². The van der Waals surface area contributed by atoms with Crippen LogP contribution >= 0.6 is 0 Å². The second kappa shape index (κ2) is 10.1. The van der Waals surface area contributed by atoms with E-state index in [0.29, 0.717) is 0 Å². The predicted molar refractivity (Wildman–Crippen MR) is 102 cm³/mol. The second-order valence-corrected chi connectivity index (χ2v) is 7.60. The van der Waals surface area contributed by atoms with Crippen LogP contribution in [0.2, 0.25) is 0 Å². The normalized spacial score (nSPS) is 24.1. The summed E-state index contributed by atoms with van der Waals surface area (Å²) in [6.45, 7) is 6.97. The van der Waals surface area contributed by atoms with Gasteiger partial charge in [0.15, 0.2) is 0 Å². The number of allylic oxidation sites excluding steroid dienone is 2. The Hall–Kier alpha value is -2.37. The largest absolute Gasteiger partial charge is 0.481 e. The van der Waals surface area contributed by atoms with Crippen molar-refractivity contribution in [1.82, 2.24) is 0 Å². The highest BCUT2D eigenvalue weighted by Crippen LogP contribution is 2.31. The van der Waals surface area contributed by atoms with Crippen molar-refractivity contribution < 1.29 is 29.3 Å². The van der Waals surface area contributed by atoms with Crippen LogP contribution in [0.1, 0.15) is 65.2 Å². The molecule has 2 N–H and O–H groups in total. The predicted octanol–water partition coefficient (Wildman–Crippen LogP) is 4.27. The first-order chi connectivity index (χ1) is 12.6. The Kier molecular flexibility index (Phi) is 8.47. The van der Waals surface area contributed by atoms with Gasteiger partial charge < -0.3 is 14.9 Å². The molecule has 6 heteroatoms. The van der Waals surface area contributed by atoms with E-state index in [1.165, 1.54) is 63.3 Å². The number of hydrogen-bond donors (Lipinski definition) is 2. The first-order valence-electron chi connectivity index (χ1n) is 9.32. The fraction of sp³-hybridized carbons (Fsp3) is 0.571. The van der Waals surface area contributed by atoms with Gasteiger partial charge in [0.25, 0.3) is 0 Å². The minimum Gasteiger partial charge on any atom is -0.481 e. The van der Waals surface area contributed by atoms with Gasteiger partial charge in [-0.2, -0.15) is 0 Å². The number of rotatable bonds is 4. The molecular formula is C21H30O6. The lowest BCUT2D eigenvalue weighted by molar-refractivity contribution is -0.153. The summed E-state index contributed by atoms with van der Waals surface area (Å²) in [6, 6.07) is 0. The SMILES string of the molecule is C=CC(=O)OC1(C)CCCCCCC1.CC1(C(=O)O)C=CC=C(C(=O)O)C1. The number of esters is 1. The Labute approximate surface area is 160 Å². The van der Waals surface area contributed by atoms with Gasteiger partial charge in [-0.05, 0) is 46.0 Å². The van der Waals surface area contributed by atoms with Crippen molar-refractivity contribution in [2.45, 2.75) is 70.8 Å². The molecule has 2 aliphatic rings.